The number of hydrogen-bond donors (Lipinski definition) is 1. The molecule has 0 spiro atoms. The third-order valence-corrected chi connectivity index (χ3v) is 3.04. The molecule has 0 aliphatic carbocycles. The van der Waals surface area contributed by atoms with Crippen LogP contribution in [0.3, 0.4) is 0 Å². The maximum Gasteiger partial charge on any atom is 0.416 e. The number of nitrogens with one attached hydrogen (secondary N) is 1. The molecule has 1 aromatic carbocycles. The minimum Gasteiger partial charge on any atom is -0.355 e. The van der Waals surface area contributed by atoms with E-state index in [0.717, 1.165) is 12.1 Å². The predicted molar refractivity (Wildman–Crippen MR) is 69.2 cm³/mol. The second-order valence-electron chi connectivity index (χ2n) is 5.41. The third-order valence-electron chi connectivity index (χ3n) is 3.04. The maximum atomic E-state index is 12.7. The number of rotatable bonds is 1. The van der Waals surface area contributed by atoms with Gasteiger partial charge in [0.2, 0.25) is 0 Å². The number of hydrogen-bond acceptors (Lipinski definition) is 2. The van der Waals surface area contributed by atoms with Crippen LogP contribution in [-0.2, 0) is 16.6 Å². The molecular formula is C13H17ClF3NO. The van der Waals surface area contributed by atoms with Crippen molar-refractivity contribution in [3.8, 4) is 0 Å². The van der Waals surface area contributed by atoms with Crippen LogP contribution in [0.15, 0.2) is 24.3 Å². The van der Waals surface area contributed by atoms with Crippen LogP contribution >= 0.6 is 12.4 Å². The van der Waals surface area contributed by atoms with Gasteiger partial charge in [0.05, 0.1) is 12.2 Å². The number of alkyl halides is 3. The quantitative estimate of drug-likeness (QED) is 0.853. The van der Waals surface area contributed by atoms with E-state index >= 15 is 0 Å². The van der Waals surface area contributed by atoms with Crippen LogP contribution in [0.4, 0.5) is 13.2 Å². The highest BCUT2D eigenvalue weighted by Gasteiger charge is 2.42. The molecule has 1 unspecified atom stereocenters. The lowest BCUT2D eigenvalue weighted by atomic mass is 10.00. The molecule has 1 heterocycles. The van der Waals surface area contributed by atoms with Gasteiger partial charge < -0.3 is 4.74 Å². The Morgan fingerprint density at radius 1 is 1.21 bits per heavy atom. The van der Waals surface area contributed by atoms with Gasteiger partial charge in [-0.1, -0.05) is 12.1 Å². The molecule has 0 aromatic heterocycles. The van der Waals surface area contributed by atoms with E-state index in [4.69, 9.17) is 4.74 Å². The van der Waals surface area contributed by atoms with Crippen LogP contribution in [-0.4, -0.2) is 12.1 Å². The van der Waals surface area contributed by atoms with Crippen molar-refractivity contribution in [3.05, 3.63) is 35.4 Å². The lowest BCUT2D eigenvalue weighted by Gasteiger charge is -2.27. The summed E-state index contributed by atoms with van der Waals surface area (Å²) in [5.74, 6) is 0. The van der Waals surface area contributed by atoms with Gasteiger partial charge >= 0.3 is 6.18 Å². The van der Waals surface area contributed by atoms with Gasteiger partial charge in [-0.2, -0.15) is 13.2 Å². The van der Waals surface area contributed by atoms with Crippen molar-refractivity contribution in [1.29, 1.82) is 0 Å². The van der Waals surface area contributed by atoms with E-state index in [1.807, 2.05) is 13.8 Å². The number of benzene rings is 1. The summed E-state index contributed by atoms with van der Waals surface area (Å²) in [6, 6.07) is 5.24. The zero-order valence-corrected chi connectivity index (χ0v) is 11.8. The van der Waals surface area contributed by atoms with Crippen LogP contribution < -0.4 is 5.32 Å². The third kappa shape index (κ3) is 3.41. The highest BCUT2D eigenvalue weighted by atomic mass is 35.5. The minimum atomic E-state index is -4.33. The molecule has 1 saturated heterocycles. The first kappa shape index (κ1) is 16.3. The average Bonchev–Trinajstić information content (AvgIpc) is 2.53. The fourth-order valence-electron chi connectivity index (χ4n) is 2.19. The van der Waals surface area contributed by atoms with E-state index in [1.165, 1.54) is 6.07 Å². The fraction of sp³-hybridized carbons (Fsp3) is 0.538. The lowest BCUT2D eigenvalue weighted by molar-refractivity contribution is -0.137. The SMILES string of the molecule is CC1(C)COC(C)(c2cccc(C(F)(F)F)c2)N1.Cl. The molecule has 0 bridgehead atoms. The Morgan fingerprint density at radius 2 is 1.84 bits per heavy atom. The Bertz CT molecular complexity index is 461. The van der Waals surface area contributed by atoms with Crippen molar-refractivity contribution >= 4 is 12.4 Å². The normalized spacial score (nSPS) is 26.0. The summed E-state index contributed by atoms with van der Waals surface area (Å²) in [6.07, 6.45) is -4.33. The Balaban J connectivity index is 0.00000180. The van der Waals surface area contributed by atoms with E-state index < -0.39 is 17.5 Å². The first-order valence-corrected chi connectivity index (χ1v) is 5.73. The summed E-state index contributed by atoms with van der Waals surface area (Å²) in [7, 11) is 0. The average molecular weight is 296 g/mol. The van der Waals surface area contributed by atoms with Crippen molar-refractivity contribution in [2.24, 2.45) is 0 Å². The summed E-state index contributed by atoms with van der Waals surface area (Å²) >= 11 is 0. The molecule has 108 valence electrons. The Kier molecular flexibility index (Phi) is 4.25. The van der Waals surface area contributed by atoms with Gasteiger partial charge in [0, 0.05) is 5.54 Å². The molecule has 0 saturated carbocycles. The molecule has 2 nitrogen and oxygen atoms in total. The molecule has 19 heavy (non-hydrogen) atoms. The summed E-state index contributed by atoms with van der Waals surface area (Å²) in [5, 5.41) is 3.21. The summed E-state index contributed by atoms with van der Waals surface area (Å²) < 4.78 is 43.6. The molecular weight excluding hydrogens is 279 g/mol. The Labute approximate surface area is 116 Å². The van der Waals surface area contributed by atoms with E-state index in [-0.39, 0.29) is 17.9 Å². The molecule has 0 radical (unpaired) electrons. The molecule has 1 aliphatic rings. The summed E-state index contributed by atoms with van der Waals surface area (Å²) in [4.78, 5) is 0. The first-order valence-electron chi connectivity index (χ1n) is 5.73. The zero-order chi connectivity index (χ0) is 13.6. The summed E-state index contributed by atoms with van der Waals surface area (Å²) in [6.45, 7) is 6.11. The van der Waals surface area contributed by atoms with Crippen molar-refractivity contribution in [3.63, 3.8) is 0 Å². The number of halogens is 4. The van der Waals surface area contributed by atoms with Gasteiger partial charge in [-0.15, -0.1) is 12.4 Å². The lowest BCUT2D eigenvalue weighted by Crippen LogP contribution is -2.44. The standard InChI is InChI=1S/C13H16F3NO.ClH/c1-11(2)8-18-12(3,17-11)9-5-4-6-10(7-9)13(14,15)16;/h4-7,17H,8H2,1-3H3;1H. The van der Waals surface area contributed by atoms with Crippen LogP contribution in [0.5, 0.6) is 0 Å². The predicted octanol–water partition coefficient (Wildman–Crippen LogP) is 3.70. The summed E-state index contributed by atoms with van der Waals surface area (Å²) in [5.41, 5.74) is -1.28. The van der Waals surface area contributed by atoms with Gasteiger partial charge in [-0.3, -0.25) is 5.32 Å². The molecule has 1 aromatic rings. The van der Waals surface area contributed by atoms with Gasteiger partial charge in [-0.05, 0) is 38.5 Å². The van der Waals surface area contributed by atoms with Crippen LogP contribution in [0.2, 0.25) is 0 Å². The zero-order valence-electron chi connectivity index (χ0n) is 11.0. The monoisotopic (exact) mass is 295 g/mol. The van der Waals surface area contributed by atoms with E-state index in [0.29, 0.717) is 12.2 Å². The number of ether oxygens (including phenoxy) is 1. The minimum absolute atomic E-state index is 0. The molecule has 1 fully saturated rings. The van der Waals surface area contributed by atoms with E-state index in [2.05, 4.69) is 5.32 Å². The highest BCUT2D eigenvalue weighted by molar-refractivity contribution is 5.85. The van der Waals surface area contributed by atoms with E-state index in [9.17, 15) is 13.2 Å². The smallest absolute Gasteiger partial charge is 0.355 e. The molecule has 2 rings (SSSR count). The molecule has 1 atom stereocenters. The van der Waals surface area contributed by atoms with Crippen LogP contribution in [0.25, 0.3) is 0 Å². The van der Waals surface area contributed by atoms with Crippen molar-refractivity contribution in [2.75, 3.05) is 6.61 Å². The molecule has 6 heteroatoms. The van der Waals surface area contributed by atoms with Crippen LogP contribution in [0, 0.1) is 0 Å². The second kappa shape index (κ2) is 4.96. The Morgan fingerprint density at radius 3 is 2.32 bits per heavy atom. The topological polar surface area (TPSA) is 21.3 Å². The first-order chi connectivity index (χ1) is 8.12. The second-order valence-corrected chi connectivity index (χ2v) is 5.41. The van der Waals surface area contributed by atoms with Gasteiger partial charge in [0.15, 0.2) is 0 Å². The molecule has 1 aliphatic heterocycles. The van der Waals surface area contributed by atoms with Crippen LogP contribution in [0.1, 0.15) is 31.9 Å². The van der Waals surface area contributed by atoms with E-state index in [1.54, 1.807) is 13.0 Å². The largest absolute Gasteiger partial charge is 0.416 e. The van der Waals surface area contributed by atoms with Crippen molar-refractivity contribution in [2.45, 2.75) is 38.2 Å². The van der Waals surface area contributed by atoms with Gasteiger partial charge in [-0.25, -0.2) is 0 Å². The van der Waals surface area contributed by atoms with Crippen molar-refractivity contribution < 1.29 is 17.9 Å². The maximum absolute atomic E-state index is 12.7. The molecule has 1 N–H and O–H groups in total. The van der Waals surface area contributed by atoms with Gasteiger partial charge in [0.25, 0.3) is 0 Å². The molecule has 0 amide bonds. The highest BCUT2D eigenvalue weighted by Crippen LogP contribution is 2.35. The van der Waals surface area contributed by atoms with Crippen molar-refractivity contribution in [1.82, 2.24) is 5.32 Å². The van der Waals surface area contributed by atoms with Gasteiger partial charge in [0.1, 0.15) is 5.72 Å². The fourth-order valence-corrected chi connectivity index (χ4v) is 2.19. The Hall–Kier alpha value is -0.780.